The fraction of sp³-hybridized carbons (Fsp3) is 0.486. The molecule has 0 saturated heterocycles. The van der Waals surface area contributed by atoms with Gasteiger partial charge in [0, 0.05) is 36.3 Å². The highest BCUT2D eigenvalue weighted by atomic mass is 16.5. The first-order valence-electron chi connectivity index (χ1n) is 16.8. The van der Waals surface area contributed by atoms with Crippen molar-refractivity contribution in [3.05, 3.63) is 82.8 Å². The molecule has 0 unspecified atom stereocenters. The first-order chi connectivity index (χ1) is 22.2. The number of aromatic amines is 1. The second-order valence-electron chi connectivity index (χ2n) is 12.5. The van der Waals surface area contributed by atoms with Crippen molar-refractivity contribution in [1.82, 2.24) is 9.55 Å². The van der Waals surface area contributed by atoms with Gasteiger partial charge in [-0.25, -0.2) is 0 Å². The monoisotopic (exact) mass is 632 g/mol. The van der Waals surface area contributed by atoms with E-state index in [1.165, 1.54) is 0 Å². The van der Waals surface area contributed by atoms with Gasteiger partial charge < -0.3 is 41.1 Å². The average molecular weight is 633 g/mol. The van der Waals surface area contributed by atoms with Crippen molar-refractivity contribution in [2.45, 2.75) is 110 Å². The molecule has 9 heteroatoms. The molecule has 9 nitrogen and oxygen atoms in total. The number of aromatic nitrogens is 2. The van der Waals surface area contributed by atoms with Crippen LogP contribution in [0, 0.1) is 5.92 Å². The number of ether oxygens (including phenoxy) is 1. The van der Waals surface area contributed by atoms with Crippen LogP contribution in [0.4, 0.5) is 0 Å². The van der Waals surface area contributed by atoms with Gasteiger partial charge in [0.15, 0.2) is 18.2 Å². The number of ketones is 1. The first kappa shape index (κ1) is 35.2. The summed E-state index contributed by atoms with van der Waals surface area (Å²) in [5.74, 6) is 0.172. The Morgan fingerprint density at radius 2 is 1.72 bits per heavy atom. The quantitative estimate of drug-likeness (QED) is 0.0489. The van der Waals surface area contributed by atoms with Crippen molar-refractivity contribution >= 4 is 16.7 Å². The fourth-order valence-electron chi connectivity index (χ4n) is 6.13. The van der Waals surface area contributed by atoms with Crippen molar-refractivity contribution in [2.75, 3.05) is 0 Å². The van der Waals surface area contributed by atoms with E-state index in [1.54, 1.807) is 12.1 Å². The second-order valence-corrected chi connectivity index (χ2v) is 12.5. The number of aryl methyl sites for hydroxylation is 1. The highest BCUT2D eigenvalue weighted by Gasteiger charge is 2.25. The third-order valence-electron chi connectivity index (χ3n) is 8.95. The average Bonchev–Trinajstić information content (AvgIpc) is 3.63. The van der Waals surface area contributed by atoms with E-state index in [0.29, 0.717) is 31.4 Å². The maximum Gasteiger partial charge on any atom is 0.165 e. The molecule has 4 aromatic rings. The molecule has 2 aromatic heterocycles. The summed E-state index contributed by atoms with van der Waals surface area (Å²) < 4.78 is 7.93. The van der Waals surface area contributed by atoms with Gasteiger partial charge in [-0.1, -0.05) is 76.6 Å². The molecule has 250 valence electrons. The van der Waals surface area contributed by atoms with E-state index in [-0.39, 0.29) is 30.8 Å². The number of aliphatic hydroxyl groups is 2. The normalized spacial score (nSPS) is 13.0. The van der Waals surface area contributed by atoms with E-state index in [4.69, 9.17) is 16.2 Å². The fourth-order valence-corrected chi connectivity index (χ4v) is 6.13. The van der Waals surface area contributed by atoms with Crippen molar-refractivity contribution in [2.24, 2.45) is 17.4 Å². The van der Waals surface area contributed by atoms with E-state index in [9.17, 15) is 20.1 Å². The number of rotatable bonds is 20. The van der Waals surface area contributed by atoms with Gasteiger partial charge >= 0.3 is 0 Å². The molecule has 2 atom stereocenters. The van der Waals surface area contributed by atoms with Gasteiger partial charge in [-0.3, -0.25) is 4.79 Å². The number of nitrogens with two attached hydrogens (primary N) is 2. The largest absolute Gasteiger partial charge is 0.504 e. The summed E-state index contributed by atoms with van der Waals surface area (Å²) in [5.41, 5.74) is 17.3. The Morgan fingerprint density at radius 1 is 0.957 bits per heavy atom. The molecule has 0 spiro atoms. The van der Waals surface area contributed by atoms with Gasteiger partial charge in [0.25, 0.3) is 0 Å². The number of phenols is 1. The van der Waals surface area contributed by atoms with E-state index >= 15 is 0 Å². The molecule has 0 saturated carbocycles. The number of hydrogen-bond acceptors (Lipinski definition) is 7. The van der Waals surface area contributed by atoms with E-state index in [0.717, 1.165) is 83.7 Å². The molecule has 0 fully saturated rings. The topological polar surface area (TPSA) is 160 Å². The predicted octanol–water partition coefficient (Wildman–Crippen LogP) is 6.35. The standard InChI is InChI=1S/C37H52N4O5/c1-3-5-7-9-30(33(43)10-8-6-4-2)34(44)15-11-25-12-16-35(45)36(17-25)46-24-41-21-31-29(20-40-32(31)22-41)19-28-18-26(37(38)39)13-14-27(28)23-42/h12-14,16-18,20-22,30,33,37,40,42-43,45H,3-11,15,19,23-24,38-39H2,1-2H3/t30-,33-/m1/s1. The van der Waals surface area contributed by atoms with Crippen LogP contribution >= 0.6 is 0 Å². The third-order valence-corrected chi connectivity index (χ3v) is 8.95. The van der Waals surface area contributed by atoms with Crippen LogP contribution in [0.1, 0.15) is 106 Å². The van der Waals surface area contributed by atoms with Crippen molar-refractivity contribution in [3.63, 3.8) is 0 Å². The molecule has 0 aliphatic heterocycles. The zero-order valence-electron chi connectivity index (χ0n) is 27.4. The van der Waals surface area contributed by atoms with E-state index < -0.39 is 12.3 Å². The molecule has 0 bridgehead atoms. The number of fused-ring (bicyclic) bond motifs is 1. The smallest absolute Gasteiger partial charge is 0.165 e. The number of H-pyrrole nitrogens is 1. The third kappa shape index (κ3) is 9.45. The molecule has 46 heavy (non-hydrogen) atoms. The maximum absolute atomic E-state index is 13.3. The van der Waals surface area contributed by atoms with E-state index in [1.807, 2.05) is 47.4 Å². The Balaban J connectivity index is 1.39. The zero-order chi connectivity index (χ0) is 33.1. The number of Topliss-reactive ketones (excluding diaryl/α,β-unsaturated/α-hetero) is 1. The molecule has 2 heterocycles. The number of nitrogens with one attached hydrogen (secondary N) is 1. The van der Waals surface area contributed by atoms with Crippen LogP contribution in [0.5, 0.6) is 11.5 Å². The summed E-state index contributed by atoms with van der Waals surface area (Å²) >= 11 is 0. The number of phenolic OH excluding ortho intramolecular Hbond substituents is 1. The predicted molar refractivity (Wildman–Crippen MR) is 182 cm³/mol. The lowest BCUT2D eigenvalue weighted by molar-refractivity contribution is -0.126. The molecule has 0 radical (unpaired) electrons. The molecule has 0 amide bonds. The van der Waals surface area contributed by atoms with Crippen molar-refractivity contribution in [1.29, 1.82) is 0 Å². The molecule has 2 aromatic carbocycles. The highest BCUT2D eigenvalue weighted by Crippen LogP contribution is 2.30. The van der Waals surface area contributed by atoms with Crippen molar-refractivity contribution in [3.8, 4) is 11.5 Å². The number of carbonyl (C=O) groups excluding carboxylic acids is 1. The van der Waals surface area contributed by atoms with Gasteiger partial charge in [-0.2, -0.15) is 0 Å². The summed E-state index contributed by atoms with van der Waals surface area (Å²) in [6.07, 6.45) is 13.7. The summed E-state index contributed by atoms with van der Waals surface area (Å²) in [6.45, 7) is 4.39. The minimum Gasteiger partial charge on any atom is -0.504 e. The molecule has 4 rings (SSSR count). The molecule has 0 aliphatic rings. The van der Waals surface area contributed by atoms with Gasteiger partial charge in [0.1, 0.15) is 5.78 Å². The Bertz CT molecular complexity index is 1540. The second kappa shape index (κ2) is 17.3. The van der Waals surface area contributed by atoms with Crippen LogP contribution < -0.4 is 16.2 Å². The van der Waals surface area contributed by atoms with Crippen LogP contribution in [-0.4, -0.2) is 36.8 Å². The lowest BCUT2D eigenvalue weighted by Gasteiger charge is -2.22. The SMILES string of the molecule is CCCCC[C@@H](O)[C@@H](CCCCC)C(=O)CCc1ccc(O)c(OCn2cc3[nH]cc(Cc4cc(C(N)N)ccc4CO)c3c2)c1. The summed E-state index contributed by atoms with van der Waals surface area (Å²) in [5, 5.41) is 32.2. The summed E-state index contributed by atoms with van der Waals surface area (Å²) in [6, 6.07) is 10.9. The Labute approximate surface area is 272 Å². The molecular formula is C37H52N4O5. The van der Waals surface area contributed by atoms with Gasteiger partial charge in [-0.15, -0.1) is 0 Å². The zero-order valence-corrected chi connectivity index (χ0v) is 27.4. The lowest BCUT2D eigenvalue weighted by atomic mass is 9.86. The highest BCUT2D eigenvalue weighted by molar-refractivity contribution is 5.83. The number of unbranched alkanes of at least 4 members (excludes halogenated alkanes) is 4. The lowest BCUT2D eigenvalue weighted by Crippen LogP contribution is -2.28. The molecule has 8 N–H and O–H groups in total. The minimum absolute atomic E-state index is 0.0341. The molecular weight excluding hydrogens is 580 g/mol. The Kier molecular flexibility index (Phi) is 13.3. The number of carbonyl (C=O) groups is 1. The van der Waals surface area contributed by atoms with Gasteiger partial charge in [0.05, 0.1) is 24.4 Å². The molecule has 0 aliphatic carbocycles. The van der Waals surface area contributed by atoms with Crippen LogP contribution in [0.25, 0.3) is 10.9 Å². The van der Waals surface area contributed by atoms with Crippen LogP contribution in [0.2, 0.25) is 0 Å². The van der Waals surface area contributed by atoms with E-state index in [2.05, 4.69) is 18.8 Å². The van der Waals surface area contributed by atoms with Crippen LogP contribution in [0.15, 0.2) is 55.0 Å². The van der Waals surface area contributed by atoms with Crippen molar-refractivity contribution < 1.29 is 24.9 Å². The van der Waals surface area contributed by atoms with Gasteiger partial charge in [0.2, 0.25) is 0 Å². The number of aromatic hydroxyl groups is 1. The minimum atomic E-state index is -0.591. The number of benzene rings is 2. The number of hydrogen-bond donors (Lipinski definition) is 6. The number of aliphatic hydroxyl groups excluding tert-OH is 2. The first-order valence-corrected chi connectivity index (χ1v) is 16.8. The number of nitrogens with zero attached hydrogens (tertiary/aromatic N) is 1. The van der Waals surface area contributed by atoms with Crippen LogP contribution in [-0.2, 0) is 31.0 Å². The van der Waals surface area contributed by atoms with Gasteiger partial charge in [-0.05, 0) is 65.6 Å². The maximum atomic E-state index is 13.3. The summed E-state index contributed by atoms with van der Waals surface area (Å²) in [4.78, 5) is 16.6. The summed E-state index contributed by atoms with van der Waals surface area (Å²) in [7, 11) is 0. The van der Waals surface area contributed by atoms with Crippen LogP contribution in [0.3, 0.4) is 0 Å². The Morgan fingerprint density at radius 3 is 2.43 bits per heavy atom. The Hall–Kier alpha value is -3.63.